The predicted molar refractivity (Wildman–Crippen MR) is 81.2 cm³/mol. The number of hydrogen-bond acceptors (Lipinski definition) is 5. The molecule has 24 heavy (non-hydrogen) atoms. The highest BCUT2D eigenvalue weighted by molar-refractivity contribution is 5.92. The predicted octanol–water partition coefficient (Wildman–Crippen LogP) is 2.05. The zero-order valence-corrected chi connectivity index (χ0v) is 12.6. The first-order valence-corrected chi connectivity index (χ1v) is 6.95. The lowest BCUT2D eigenvalue weighted by Crippen LogP contribution is -2.19. The van der Waals surface area contributed by atoms with Crippen LogP contribution in [0.2, 0.25) is 0 Å². The molecule has 0 fully saturated rings. The number of primary amides is 1. The summed E-state index contributed by atoms with van der Waals surface area (Å²) in [4.78, 5) is 19.4. The van der Waals surface area contributed by atoms with Crippen LogP contribution in [0.25, 0.3) is 11.3 Å². The largest absolute Gasteiger partial charge is 0.416 e. The van der Waals surface area contributed by atoms with Gasteiger partial charge in [0.2, 0.25) is 5.95 Å². The van der Waals surface area contributed by atoms with E-state index in [0.717, 1.165) is 12.1 Å². The molecule has 0 saturated heterocycles. The van der Waals surface area contributed by atoms with Crippen molar-refractivity contribution in [2.24, 2.45) is 5.73 Å². The van der Waals surface area contributed by atoms with Crippen molar-refractivity contribution in [3.63, 3.8) is 0 Å². The average molecular weight is 340 g/mol. The number of aliphatic hydroxyl groups excluding tert-OH is 1. The summed E-state index contributed by atoms with van der Waals surface area (Å²) in [5, 5.41) is 12.0. The summed E-state index contributed by atoms with van der Waals surface area (Å²) >= 11 is 0. The molecule has 4 N–H and O–H groups in total. The van der Waals surface area contributed by atoms with Crippen LogP contribution in [0.15, 0.2) is 30.3 Å². The number of anilines is 1. The van der Waals surface area contributed by atoms with Crippen molar-refractivity contribution in [2.75, 3.05) is 11.9 Å². The monoisotopic (exact) mass is 340 g/mol. The van der Waals surface area contributed by atoms with Gasteiger partial charge in [0.25, 0.3) is 5.91 Å². The molecule has 1 unspecified atom stereocenters. The number of carbonyl (C=O) groups is 1. The smallest absolute Gasteiger partial charge is 0.392 e. The first kappa shape index (κ1) is 17.7. The van der Waals surface area contributed by atoms with E-state index in [1.807, 2.05) is 0 Å². The van der Waals surface area contributed by atoms with Gasteiger partial charge in [0, 0.05) is 12.1 Å². The number of nitrogens with two attached hydrogens (primary N) is 1. The molecule has 0 aliphatic heterocycles. The third-order valence-corrected chi connectivity index (χ3v) is 3.04. The van der Waals surface area contributed by atoms with Crippen molar-refractivity contribution >= 4 is 11.9 Å². The van der Waals surface area contributed by atoms with E-state index in [0.29, 0.717) is 5.56 Å². The van der Waals surface area contributed by atoms with E-state index < -0.39 is 23.8 Å². The highest BCUT2D eigenvalue weighted by Gasteiger charge is 2.30. The molecule has 1 amide bonds. The lowest BCUT2D eigenvalue weighted by atomic mass is 10.1. The van der Waals surface area contributed by atoms with Crippen LogP contribution in [0.3, 0.4) is 0 Å². The van der Waals surface area contributed by atoms with Crippen LogP contribution >= 0.6 is 0 Å². The van der Waals surface area contributed by atoms with E-state index in [-0.39, 0.29) is 23.9 Å². The van der Waals surface area contributed by atoms with Crippen molar-refractivity contribution in [3.05, 3.63) is 41.6 Å². The summed E-state index contributed by atoms with van der Waals surface area (Å²) in [6.07, 6.45) is -5.12. The molecule has 128 valence electrons. The van der Waals surface area contributed by atoms with Gasteiger partial charge in [-0.1, -0.05) is 12.1 Å². The van der Waals surface area contributed by atoms with Crippen LogP contribution in [0, 0.1) is 0 Å². The number of carbonyl (C=O) groups excluding carboxylic acids is 1. The van der Waals surface area contributed by atoms with E-state index in [1.54, 1.807) is 6.92 Å². The Morgan fingerprint density at radius 1 is 1.29 bits per heavy atom. The van der Waals surface area contributed by atoms with Crippen molar-refractivity contribution in [1.82, 2.24) is 9.97 Å². The molecule has 1 atom stereocenters. The second-order valence-corrected chi connectivity index (χ2v) is 5.13. The number of nitrogens with zero attached hydrogens (tertiary/aromatic N) is 2. The molecule has 0 spiro atoms. The highest BCUT2D eigenvalue weighted by Crippen LogP contribution is 2.30. The Labute approximate surface area is 135 Å². The third-order valence-electron chi connectivity index (χ3n) is 3.04. The maximum absolute atomic E-state index is 12.6. The van der Waals surface area contributed by atoms with Gasteiger partial charge in [-0.05, 0) is 25.1 Å². The Morgan fingerprint density at radius 2 is 1.92 bits per heavy atom. The molecule has 1 heterocycles. The van der Waals surface area contributed by atoms with Crippen LogP contribution in [-0.4, -0.2) is 33.6 Å². The fourth-order valence-electron chi connectivity index (χ4n) is 1.87. The molecular formula is C15H15F3N4O2. The van der Waals surface area contributed by atoms with Gasteiger partial charge in [0.15, 0.2) is 0 Å². The summed E-state index contributed by atoms with van der Waals surface area (Å²) < 4.78 is 37.8. The zero-order valence-electron chi connectivity index (χ0n) is 12.6. The van der Waals surface area contributed by atoms with Gasteiger partial charge >= 0.3 is 6.18 Å². The molecule has 9 heteroatoms. The number of alkyl halides is 3. The summed E-state index contributed by atoms with van der Waals surface area (Å²) in [6, 6.07) is 5.62. The average Bonchev–Trinajstić information content (AvgIpc) is 2.52. The topological polar surface area (TPSA) is 101 Å². The number of halogens is 3. The Kier molecular flexibility index (Phi) is 5.03. The highest BCUT2D eigenvalue weighted by atomic mass is 19.4. The Morgan fingerprint density at radius 3 is 2.42 bits per heavy atom. The SMILES string of the molecule is CC(O)CNc1nc(C(N)=O)cc(-c2ccc(C(F)(F)F)cc2)n1. The van der Waals surface area contributed by atoms with Gasteiger partial charge in [-0.3, -0.25) is 4.79 Å². The number of aromatic nitrogens is 2. The van der Waals surface area contributed by atoms with Gasteiger partial charge in [-0.25, -0.2) is 9.97 Å². The number of amides is 1. The maximum atomic E-state index is 12.6. The van der Waals surface area contributed by atoms with Gasteiger partial charge in [-0.15, -0.1) is 0 Å². The van der Waals surface area contributed by atoms with E-state index in [9.17, 15) is 23.1 Å². The first-order chi connectivity index (χ1) is 11.2. The minimum Gasteiger partial charge on any atom is -0.392 e. The lowest BCUT2D eigenvalue weighted by molar-refractivity contribution is -0.137. The van der Waals surface area contributed by atoms with Gasteiger partial charge in [0.1, 0.15) is 5.69 Å². The molecule has 0 bridgehead atoms. The number of nitrogens with one attached hydrogen (secondary N) is 1. The molecule has 6 nitrogen and oxygen atoms in total. The van der Waals surface area contributed by atoms with E-state index in [4.69, 9.17) is 5.73 Å². The summed E-state index contributed by atoms with van der Waals surface area (Å²) in [5.41, 5.74) is 4.94. The second kappa shape index (κ2) is 6.83. The van der Waals surface area contributed by atoms with Gasteiger partial charge in [0.05, 0.1) is 17.4 Å². The first-order valence-electron chi connectivity index (χ1n) is 6.95. The number of hydrogen-bond donors (Lipinski definition) is 3. The van der Waals surface area contributed by atoms with Crippen molar-refractivity contribution in [2.45, 2.75) is 19.2 Å². The van der Waals surface area contributed by atoms with Gasteiger partial charge in [-0.2, -0.15) is 13.2 Å². The van der Waals surface area contributed by atoms with Gasteiger partial charge < -0.3 is 16.2 Å². The Bertz CT molecular complexity index is 730. The minimum atomic E-state index is -4.44. The van der Waals surface area contributed by atoms with Crippen LogP contribution in [0.1, 0.15) is 23.0 Å². The number of benzene rings is 1. The molecule has 0 saturated carbocycles. The quantitative estimate of drug-likeness (QED) is 0.773. The number of aliphatic hydroxyl groups is 1. The van der Waals surface area contributed by atoms with E-state index in [2.05, 4.69) is 15.3 Å². The standard InChI is InChI=1S/C15H15F3N4O2/c1-8(23)7-20-14-21-11(6-12(22-14)13(19)24)9-2-4-10(5-3-9)15(16,17)18/h2-6,8,23H,7H2,1H3,(H2,19,24)(H,20,21,22). The molecule has 1 aromatic heterocycles. The minimum absolute atomic E-state index is 0.0436. The number of rotatable bonds is 5. The third kappa shape index (κ3) is 4.42. The second-order valence-electron chi connectivity index (χ2n) is 5.13. The maximum Gasteiger partial charge on any atom is 0.416 e. The van der Waals surface area contributed by atoms with Crippen molar-refractivity contribution < 1.29 is 23.1 Å². The Hall–Kier alpha value is -2.68. The van der Waals surface area contributed by atoms with Crippen LogP contribution < -0.4 is 11.1 Å². The van der Waals surface area contributed by atoms with Crippen molar-refractivity contribution in [1.29, 1.82) is 0 Å². The van der Waals surface area contributed by atoms with E-state index in [1.165, 1.54) is 18.2 Å². The van der Waals surface area contributed by atoms with E-state index >= 15 is 0 Å². The lowest BCUT2D eigenvalue weighted by Gasteiger charge is -2.11. The Balaban J connectivity index is 2.39. The zero-order chi connectivity index (χ0) is 17.9. The fraction of sp³-hybridized carbons (Fsp3) is 0.267. The van der Waals surface area contributed by atoms with Crippen LogP contribution in [0.5, 0.6) is 0 Å². The normalized spacial score (nSPS) is 12.7. The van der Waals surface area contributed by atoms with Crippen molar-refractivity contribution in [3.8, 4) is 11.3 Å². The molecule has 2 aromatic rings. The molecule has 0 radical (unpaired) electrons. The molecule has 0 aliphatic carbocycles. The summed E-state index contributed by atoms with van der Waals surface area (Å²) in [5.74, 6) is -0.757. The molecule has 0 aliphatic rings. The van der Waals surface area contributed by atoms with Crippen LogP contribution in [-0.2, 0) is 6.18 Å². The summed E-state index contributed by atoms with van der Waals surface area (Å²) in [6.45, 7) is 1.68. The fourth-order valence-corrected chi connectivity index (χ4v) is 1.87. The molecule has 2 rings (SSSR count). The summed E-state index contributed by atoms with van der Waals surface area (Å²) in [7, 11) is 0. The van der Waals surface area contributed by atoms with Crippen LogP contribution in [0.4, 0.5) is 19.1 Å². The molecular weight excluding hydrogens is 325 g/mol. The molecule has 1 aromatic carbocycles.